The maximum Gasteiger partial charge on any atom is 0.265 e. The zero-order valence-corrected chi connectivity index (χ0v) is 13.4. The monoisotopic (exact) mass is 341 g/mol. The fourth-order valence-corrected chi connectivity index (χ4v) is 2.07. The Labute approximate surface area is 139 Å². The van der Waals surface area contributed by atoms with Crippen molar-refractivity contribution in [3.8, 4) is 0 Å². The van der Waals surface area contributed by atoms with E-state index in [0.717, 1.165) is 11.1 Å². The molecule has 2 nitrogen and oxygen atoms in total. The molecule has 1 N–H and O–H groups in total. The molecule has 0 heterocycles. The molecule has 1 unspecified atom stereocenters. The smallest absolute Gasteiger partial charge is 0.265 e. The molecule has 5 heteroatoms. The normalized spacial score (nSPS) is 12.7. The highest BCUT2D eigenvalue weighted by Gasteiger charge is 2.31. The summed E-state index contributed by atoms with van der Waals surface area (Å²) in [4.78, 5) is 0. The summed E-state index contributed by atoms with van der Waals surface area (Å²) in [5.41, 5.74) is 2.02. The molecule has 0 saturated heterocycles. The Morgan fingerprint density at radius 1 is 0.952 bits per heavy atom. The van der Waals surface area contributed by atoms with Gasteiger partial charge in [-0.1, -0.05) is 95.5 Å². The second-order valence-corrected chi connectivity index (χ2v) is 6.82. The molecule has 0 saturated carbocycles. The lowest BCUT2D eigenvalue weighted by molar-refractivity contribution is 0.186. The van der Waals surface area contributed by atoms with Gasteiger partial charge in [-0.05, 0) is 11.1 Å². The number of benzene rings is 2. The van der Waals surface area contributed by atoms with Crippen LogP contribution in [0.1, 0.15) is 17.2 Å². The van der Waals surface area contributed by atoms with E-state index in [9.17, 15) is 0 Å². The van der Waals surface area contributed by atoms with Crippen LogP contribution in [0.4, 0.5) is 0 Å². The van der Waals surface area contributed by atoms with Crippen molar-refractivity contribution in [1.29, 1.82) is 5.41 Å². The zero-order chi connectivity index (χ0) is 15.3. The maximum atomic E-state index is 7.77. The lowest BCUT2D eigenvalue weighted by Crippen LogP contribution is -2.24. The fraction of sp³-hybridized carbons (Fsp3) is 0.188. The Kier molecular flexibility index (Phi) is 5.51. The van der Waals surface area contributed by atoms with Gasteiger partial charge in [-0.3, -0.25) is 5.41 Å². The minimum atomic E-state index is -1.86. The van der Waals surface area contributed by atoms with Crippen molar-refractivity contribution in [1.82, 2.24) is 0 Å². The van der Waals surface area contributed by atoms with Crippen LogP contribution in [-0.2, 0) is 11.2 Å². The second-order valence-electron chi connectivity index (χ2n) is 4.53. The molecule has 0 aliphatic carbocycles. The van der Waals surface area contributed by atoms with Gasteiger partial charge in [0.15, 0.2) is 0 Å². The molecule has 0 aliphatic heterocycles. The van der Waals surface area contributed by atoms with Crippen molar-refractivity contribution in [3.63, 3.8) is 0 Å². The highest BCUT2D eigenvalue weighted by atomic mass is 35.6. The van der Waals surface area contributed by atoms with Crippen LogP contribution in [0.15, 0.2) is 60.7 Å². The molecule has 2 aromatic carbocycles. The molecule has 110 valence electrons. The third-order valence-corrected chi connectivity index (χ3v) is 3.47. The van der Waals surface area contributed by atoms with E-state index in [-0.39, 0.29) is 12.0 Å². The van der Waals surface area contributed by atoms with E-state index in [1.807, 2.05) is 60.7 Å². The molecule has 2 aromatic rings. The third kappa shape index (κ3) is 4.92. The van der Waals surface area contributed by atoms with E-state index >= 15 is 0 Å². The topological polar surface area (TPSA) is 33.1 Å². The van der Waals surface area contributed by atoms with Crippen LogP contribution in [0.2, 0.25) is 0 Å². The van der Waals surface area contributed by atoms with Gasteiger partial charge in [0.1, 0.15) is 6.10 Å². The number of hydrogen-bond acceptors (Lipinski definition) is 2. The predicted molar refractivity (Wildman–Crippen MR) is 88.4 cm³/mol. The van der Waals surface area contributed by atoms with Crippen molar-refractivity contribution < 1.29 is 4.74 Å². The quantitative estimate of drug-likeness (QED) is 0.454. The number of alkyl halides is 3. The van der Waals surface area contributed by atoms with Gasteiger partial charge in [-0.2, -0.15) is 0 Å². The summed E-state index contributed by atoms with van der Waals surface area (Å²) in [5.74, 6) is -0.378. The van der Waals surface area contributed by atoms with Gasteiger partial charge in [0.25, 0.3) is 3.79 Å². The standard InChI is InChI=1S/C16H14Cl3NO/c17-16(18,19)15(20)21-14(13-9-5-2-6-10-13)11-12-7-3-1-4-8-12/h1-10,14,20H,11H2. The Hall–Kier alpha value is -1.22. The first kappa shape index (κ1) is 16.2. The van der Waals surface area contributed by atoms with E-state index in [2.05, 4.69) is 0 Å². The minimum absolute atomic E-state index is 0.378. The van der Waals surface area contributed by atoms with Gasteiger partial charge in [0.05, 0.1) is 0 Å². The largest absolute Gasteiger partial charge is 0.470 e. The number of hydrogen-bond donors (Lipinski definition) is 1. The van der Waals surface area contributed by atoms with E-state index in [0.29, 0.717) is 6.42 Å². The first-order chi connectivity index (χ1) is 9.97. The Balaban J connectivity index is 2.21. The summed E-state index contributed by atoms with van der Waals surface area (Å²) < 4.78 is 3.73. The van der Waals surface area contributed by atoms with Crippen molar-refractivity contribution in [2.24, 2.45) is 0 Å². The molecular weight excluding hydrogens is 329 g/mol. The molecule has 0 radical (unpaired) electrons. The van der Waals surface area contributed by atoms with Gasteiger partial charge in [-0.15, -0.1) is 0 Å². The van der Waals surface area contributed by atoms with Gasteiger partial charge in [0, 0.05) is 6.42 Å². The Morgan fingerprint density at radius 3 is 2.00 bits per heavy atom. The number of rotatable bonds is 4. The highest BCUT2D eigenvalue weighted by Crippen LogP contribution is 2.32. The minimum Gasteiger partial charge on any atom is -0.470 e. The highest BCUT2D eigenvalue weighted by molar-refractivity contribution is 6.76. The first-order valence-corrected chi connectivity index (χ1v) is 7.51. The molecule has 0 amide bonds. The SMILES string of the molecule is N=C(OC(Cc1ccccc1)c1ccccc1)C(Cl)(Cl)Cl. The first-order valence-electron chi connectivity index (χ1n) is 6.38. The summed E-state index contributed by atoms with van der Waals surface area (Å²) in [6, 6.07) is 19.5. The summed E-state index contributed by atoms with van der Waals surface area (Å²) >= 11 is 17.1. The van der Waals surface area contributed by atoms with Crippen LogP contribution < -0.4 is 0 Å². The van der Waals surface area contributed by atoms with Gasteiger partial charge in [-0.25, -0.2) is 0 Å². The van der Waals surface area contributed by atoms with Crippen molar-refractivity contribution in [2.45, 2.75) is 16.3 Å². The van der Waals surface area contributed by atoms with Crippen molar-refractivity contribution >= 4 is 40.7 Å². The van der Waals surface area contributed by atoms with E-state index in [1.54, 1.807) is 0 Å². The van der Waals surface area contributed by atoms with Gasteiger partial charge < -0.3 is 4.74 Å². The maximum absolute atomic E-state index is 7.77. The molecule has 21 heavy (non-hydrogen) atoms. The van der Waals surface area contributed by atoms with Crippen LogP contribution in [0.3, 0.4) is 0 Å². The molecule has 0 bridgehead atoms. The summed E-state index contributed by atoms with van der Waals surface area (Å²) in [5, 5.41) is 7.77. The molecule has 0 aliphatic rings. The van der Waals surface area contributed by atoms with Gasteiger partial charge >= 0.3 is 0 Å². The molecule has 2 rings (SSSR count). The molecule has 0 aromatic heterocycles. The number of halogens is 3. The molecule has 0 spiro atoms. The van der Waals surface area contributed by atoms with Crippen LogP contribution in [0.5, 0.6) is 0 Å². The lowest BCUT2D eigenvalue weighted by Gasteiger charge is -2.23. The second kappa shape index (κ2) is 7.17. The Bertz CT molecular complexity index is 581. The number of ether oxygens (including phenoxy) is 1. The Morgan fingerprint density at radius 2 is 1.48 bits per heavy atom. The summed E-state index contributed by atoms with van der Waals surface area (Å²) in [6.45, 7) is 0. The van der Waals surface area contributed by atoms with Crippen molar-refractivity contribution in [3.05, 3.63) is 71.8 Å². The van der Waals surface area contributed by atoms with Crippen molar-refractivity contribution in [2.75, 3.05) is 0 Å². The van der Waals surface area contributed by atoms with Crippen LogP contribution in [0, 0.1) is 5.41 Å². The third-order valence-electron chi connectivity index (χ3n) is 2.95. The van der Waals surface area contributed by atoms with Crippen LogP contribution in [0.25, 0.3) is 0 Å². The average molecular weight is 343 g/mol. The lowest BCUT2D eigenvalue weighted by atomic mass is 10.0. The summed E-state index contributed by atoms with van der Waals surface area (Å²) in [6.07, 6.45) is 0.213. The van der Waals surface area contributed by atoms with E-state index < -0.39 is 3.79 Å². The number of nitrogens with one attached hydrogen (secondary N) is 1. The van der Waals surface area contributed by atoms with Gasteiger partial charge in [0.2, 0.25) is 5.90 Å². The van der Waals surface area contributed by atoms with Crippen LogP contribution >= 0.6 is 34.8 Å². The molecule has 0 fully saturated rings. The van der Waals surface area contributed by atoms with E-state index in [1.165, 1.54) is 0 Å². The molecule has 1 atom stereocenters. The van der Waals surface area contributed by atoms with Crippen LogP contribution in [-0.4, -0.2) is 9.69 Å². The summed E-state index contributed by atoms with van der Waals surface area (Å²) in [7, 11) is 0. The van der Waals surface area contributed by atoms with E-state index in [4.69, 9.17) is 44.9 Å². The molecular formula is C16H14Cl3NO. The average Bonchev–Trinajstić information content (AvgIpc) is 2.47. The fourth-order valence-electron chi connectivity index (χ4n) is 1.93. The predicted octanol–water partition coefficient (Wildman–Crippen LogP) is 5.33. The zero-order valence-electron chi connectivity index (χ0n) is 11.1.